The van der Waals surface area contributed by atoms with Gasteiger partial charge < -0.3 is 0 Å². The van der Waals surface area contributed by atoms with Crippen molar-refractivity contribution in [3.63, 3.8) is 0 Å². The van der Waals surface area contributed by atoms with Crippen molar-refractivity contribution in [2.24, 2.45) is 0 Å². The molecule has 0 aliphatic heterocycles. The average molecular weight is 550 g/mol. The van der Waals surface area contributed by atoms with E-state index in [1.807, 2.05) is 85.8 Å². The molecule has 3 aromatic carbocycles. The number of nitrogens with zero attached hydrogens (tertiary/aromatic N) is 3. The second-order valence-electron chi connectivity index (χ2n) is 8.63. The second kappa shape index (κ2) is 13.0. The summed E-state index contributed by atoms with van der Waals surface area (Å²) >= 11 is 1.57. The molecule has 7 nitrogen and oxygen atoms in total. The third kappa shape index (κ3) is 6.36. The third-order valence-corrected chi connectivity index (χ3v) is 7.02. The van der Waals surface area contributed by atoms with Gasteiger partial charge in [0, 0.05) is 74.6 Å². The van der Waals surface area contributed by atoms with E-state index in [1.54, 1.807) is 16.3 Å². The minimum absolute atomic E-state index is 0. The molecule has 0 spiro atoms. The molecule has 5 aromatic rings. The molecule has 2 aromatic heterocycles. The van der Waals surface area contributed by atoms with Crippen LogP contribution in [0.2, 0.25) is 0 Å². The van der Waals surface area contributed by atoms with Gasteiger partial charge in [0.15, 0.2) is 11.0 Å². The molecule has 187 valence electrons. The van der Waals surface area contributed by atoms with Crippen LogP contribution in [0, 0.1) is 6.92 Å². The zero-order valence-electron chi connectivity index (χ0n) is 21.6. The summed E-state index contributed by atoms with van der Waals surface area (Å²) in [6.07, 6.45) is 0.551. The van der Waals surface area contributed by atoms with Gasteiger partial charge in [0.1, 0.15) is 0 Å². The van der Waals surface area contributed by atoms with Crippen LogP contribution in [0.25, 0.3) is 22.5 Å². The maximum Gasteiger partial charge on any atom is 0.439 e. The van der Waals surface area contributed by atoms with Crippen LogP contribution in [0.1, 0.15) is 29.3 Å². The monoisotopic (exact) mass is 549 g/mol. The first-order valence-electron chi connectivity index (χ1n) is 12.0. The fraction of sp³-hybridized carbons (Fsp3) is 0.172. The van der Waals surface area contributed by atoms with Gasteiger partial charge in [0.25, 0.3) is 5.56 Å². The summed E-state index contributed by atoms with van der Waals surface area (Å²) in [4.78, 5) is 32.5. The first kappa shape index (κ1) is 28.5. The maximum absolute atomic E-state index is 13.7. The normalized spacial score (nSPS) is 10.8. The number of rotatable bonds is 8. The van der Waals surface area contributed by atoms with E-state index in [-0.39, 0.29) is 56.9 Å². The van der Waals surface area contributed by atoms with Gasteiger partial charge in [-0.3, -0.25) is 18.9 Å². The Kier molecular flexibility index (Phi) is 9.75. The van der Waals surface area contributed by atoms with Crippen molar-refractivity contribution < 1.29 is 4.52 Å². The Morgan fingerprint density at radius 1 is 0.895 bits per heavy atom. The van der Waals surface area contributed by atoms with Crippen LogP contribution in [0.3, 0.4) is 0 Å². The number of aromatic amines is 1. The molecule has 0 unspecified atom stereocenters. The molecule has 1 radical (unpaired) electrons. The molecule has 9 heteroatoms. The summed E-state index contributed by atoms with van der Waals surface area (Å²) < 4.78 is 6.47. The van der Waals surface area contributed by atoms with Crippen LogP contribution in [-0.4, -0.2) is 76.8 Å². The quantitative estimate of drug-likeness (QED) is 0.168. The molecule has 0 aliphatic rings. The van der Waals surface area contributed by atoms with Crippen molar-refractivity contribution in [2.75, 3.05) is 5.75 Å². The van der Waals surface area contributed by atoms with E-state index >= 15 is 0 Å². The maximum atomic E-state index is 13.7. The number of thioether (sulfide) groups is 1. The van der Waals surface area contributed by atoms with Crippen LogP contribution >= 0.6 is 11.8 Å². The third-order valence-electron chi connectivity index (χ3n) is 6.16. The van der Waals surface area contributed by atoms with E-state index in [4.69, 9.17) is 9.51 Å². The van der Waals surface area contributed by atoms with Crippen LogP contribution < -0.4 is 11.3 Å². The molecule has 2 heterocycles. The molecule has 0 fully saturated rings. The van der Waals surface area contributed by atoms with Crippen molar-refractivity contribution in [1.29, 1.82) is 0 Å². The number of benzene rings is 3. The van der Waals surface area contributed by atoms with E-state index < -0.39 is 5.76 Å². The molecule has 0 saturated heterocycles. The molecule has 0 bridgehead atoms. The van der Waals surface area contributed by atoms with Gasteiger partial charge in [-0.15, -0.1) is 0 Å². The van der Waals surface area contributed by atoms with Crippen LogP contribution in [0.5, 0.6) is 0 Å². The number of nitrogens with one attached hydrogen (secondary N) is 1. The Hall–Kier alpha value is -2.53. The minimum atomic E-state index is -0.593. The number of aromatic nitrogens is 4. The van der Waals surface area contributed by atoms with Gasteiger partial charge in [-0.05, 0) is 34.9 Å². The number of H-pyrrole nitrogens is 1. The van der Waals surface area contributed by atoms with E-state index in [2.05, 4.69) is 17.1 Å². The first-order chi connectivity index (χ1) is 18.0. The molecule has 5 rings (SSSR count). The molecule has 38 heavy (non-hydrogen) atoms. The van der Waals surface area contributed by atoms with Gasteiger partial charge in [-0.25, -0.2) is 9.78 Å². The Bertz CT molecular complexity index is 1640. The number of hydrogen-bond acceptors (Lipinski definition) is 6. The summed E-state index contributed by atoms with van der Waals surface area (Å²) in [6, 6.07) is 25.7. The standard InChI is InChI=1S/C29H26N4O3S.K/c1-3-37-28-30-19(2)25(17-20-9-5-4-6-10-20)27(34)33(28)18-21-13-15-22(16-14-21)23-11-7-8-12-24(23)26-31-29(35)36-32-26;/h4-16H,3,17-18H2,1-2H3,(H,31,32,35);. The topological polar surface area (TPSA) is 93.8 Å². The van der Waals surface area contributed by atoms with Gasteiger partial charge in [-0.2, -0.15) is 0 Å². The smallest absolute Gasteiger partial charge is 0.296 e. The van der Waals surface area contributed by atoms with E-state index in [9.17, 15) is 9.59 Å². The van der Waals surface area contributed by atoms with E-state index in [1.165, 1.54) is 0 Å². The fourth-order valence-corrected chi connectivity index (χ4v) is 5.08. The SMILES string of the molecule is CCSc1nc(C)c(Cc2ccccc2)c(=O)n1Cc1ccc(-c2ccccc2-c2noc(=O)[nH]2)cc1.[K]. The Morgan fingerprint density at radius 3 is 2.24 bits per heavy atom. The van der Waals surface area contributed by atoms with E-state index in [0.29, 0.717) is 18.8 Å². The molecule has 1 N–H and O–H groups in total. The fourth-order valence-electron chi connectivity index (χ4n) is 4.32. The zero-order valence-corrected chi connectivity index (χ0v) is 25.5. The first-order valence-corrected chi connectivity index (χ1v) is 13.0. The largest absolute Gasteiger partial charge is 0.439 e. The Labute approximate surface area is 267 Å². The van der Waals surface area contributed by atoms with Crippen LogP contribution in [-0.2, 0) is 13.0 Å². The van der Waals surface area contributed by atoms with Gasteiger partial charge >= 0.3 is 5.76 Å². The Morgan fingerprint density at radius 2 is 1.58 bits per heavy atom. The minimum Gasteiger partial charge on any atom is -0.296 e. The predicted molar refractivity (Wildman–Crippen MR) is 152 cm³/mol. The summed E-state index contributed by atoms with van der Waals surface area (Å²) in [5.41, 5.74) is 6.23. The molecular weight excluding hydrogens is 524 g/mol. The van der Waals surface area contributed by atoms with Crippen molar-refractivity contribution in [2.45, 2.75) is 32.0 Å². The molecule has 0 aliphatic carbocycles. The molecular formula is C29H26KN4O3S. The second-order valence-corrected chi connectivity index (χ2v) is 9.86. The number of hydrogen-bond donors (Lipinski definition) is 1. The van der Waals surface area contributed by atoms with Gasteiger partial charge in [-0.1, -0.05) is 103 Å². The van der Waals surface area contributed by atoms with E-state index in [0.717, 1.165) is 50.0 Å². The summed E-state index contributed by atoms with van der Waals surface area (Å²) in [6.45, 7) is 4.40. The van der Waals surface area contributed by atoms with Gasteiger partial charge in [0.05, 0.1) is 6.54 Å². The summed E-state index contributed by atoms with van der Waals surface area (Å²) in [7, 11) is 0. The number of aryl methyl sites for hydroxylation is 1. The zero-order chi connectivity index (χ0) is 25.8. The van der Waals surface area contributed by atoms with Crippen molar-refractivity contribution in [1.82, 2.24) is 19.7 Å². The molecule has 0 atom stereocenters. The molecule has 0 saturated carbocycles. The van der Waals surface area contributed by atoms with Crippen molar-refractivity contribution in [3.8, 4) is 22.5 Å². The predicted octanol–water partition coefficient (Wildman–Crippen LogP) is 4.93. The molecule has 0 amide bonds. The Balaban J connectivity index is 0.00000336. The average Bonchev–Trinajstić information content (AvgIpc) is 3.36. The van der Waals surface area contributed by atoms with Gasteiger partial charge in [0.2, 0.25) is 0 Å². The van der Waals surface area contributed by atoms with Crippen molar-refractivity contribution in [3.05, 3.63) is 122 Å². The van der Waals surface area contributed by atoms with Crippen LogP contribution in [0.4, 0.5) is 0 Å². The van der Waals surface area contributed by atoms with Crippen LogP contribution in [0.15, 0.2) is 98.1 Å². The van der Waals surface area contributed by atoms with Crippen molar-refractivity contribution >= 4 is 63.1 Å². The summed E-state index contributed by atoms with van der Waals surface area (Å²) in [5, 5.41) is 4.57. The summed E-state index contributed by atoms with van der Waals surface area (Å²) in [5.74, 6) is 0.614.